The Morgan fingerprint density at radius 3 is 2.16 bits per heavy atom. The number of amides is 1. The predicted molar refractivity (Wildman–Crippen MR) is 128 cm³/mol. The molecule has 0 bridgehead atoms. The van der Waals surface area contributed by atoms with E-state index in [0.717, 1.165) is 10.8 Å². The molecule has 0 saturated carbocycles. The molecule has 2 aromatic rings. The number of rotatable bonds is 3. The van der Waals surface area contributed by atoms with Gasteiger partial charge in [0.25, 0.3) is 0 Å². The zero-order valence-corrected chi connectivity index (χ0v) is 19.9. The average molecular weight is 500 g/mol. The van der Waals surface area contributed by atoms with Crippen LogP contribution in [0.4, 0.5) is 0 Å². The number of carbonyl (C=O) groups is 1. The number of hydrogen-bond acceptors (Lipinski definition) is 4. The molecule has 0 aromatic heterocycles. The second-order valence-electron chi connectivity index (χ2n) is 8.03. The van der Waals surface area contributed by atoms with Gasteiger partial charge in [-0.05, 0) is 47.9 Å². The Bertz CT molecular complexity index is 1110. The third-order valence-electron chi connectivity index (χ3n) is 6.15. The third kappa shape index (κ3) is 4.96. The van der Waals surface area contributed by atoms with Gasteiger partial charge in [-0.2, -0.15) is 4.31 Å². The number of likely N-dealkylation sites (tertiary alicyclic amines) is 1. The highest BCUT2D eigenvalue weighted by Crippen LogP contribution is 2.26. The molecule has 174 valence electrons. The SMILES string of the molecule is Cl.N=C(N)N1CCC(C(=O)N2CCN(S(=O)(=O)c3ccc4cc(Cl)ccc4c3)CC2)CC1. The first-order valence-electron chi connectivity index (χ1n) is 10.3. The zero-order valence-electron chi connectivity index (χ0n) is 17.5. The van der Waals surface area contributed by atoms with Crippen molar-refractivity contribution < 1.29 is 13.2 Å². The molecule has 4 rings (SSSR count). The number of carbonyl (C=O) groups excluding carboxylic acids is 1. The Kier molecular flexibility index (Phi) is 7.54. The van der Waals surface area contributed by atoms with Crippen molar-refractivity contribution in [3.05, 3.63) is 41.4 Å². The fraction of sp³-hybridized carbons (Fsp3) is 0.429. The molecule has 0 unspecified atom stereocenters. The molecule has 11 heteroatoms. The van der Waals surface area contributed by atoms with Crippen LogP contribution in [0, 0.1) is 11.3 Å². The molecule has 2 saturated heterocycles. The van der Waals surface area contributed by atoms with E-state index in [-0.39, 0.29) is 48.2 Å². The minimum Gasteiger partial charge on any atom is -0.370 e. The van der Waals surface area contributed by atoms with Crippen molar-refractivity contribution in [3.8, 4) is 0 Å². The van der Waals surface area contributed by atoms with E-state index in [1.807, 2.05) is 6.07 Å². The normalized spacial score (nSPS) is 18.4. The maximum atomic E-state index is 13.1. The van der Waals surface area contributed by atoms with Crippen molar-refractivity contribution in [2.24, 2.45) is 11.7 Å². The number of piperazine rings is 1. The summed E-state index contributed by atoms with van der Waals surface area (Å²) in [6, 6.07) is 10.4. The molecule has 0 radical (unpaired) electrons. The van der Waals surface area contributed by atoms with Crippen LogP contribution in [0.1, 0.15) is 12.8 Å². The monoisotopic (exact) mass is 499 g/mol. The first kappa shape index (κ1) is 24.6. The van der Waals surface area contributed by atoms with Crippen molar-refractivity contribution >= 4 is 56.7 Å². The average Bonchev–Trinajstić information content (AvgIpc) is 2.78. The van der Waals surface area contributed by atoms with E-state index in [0.29, 0.717) is 44.0 Å². The maximum Gasteiger partial charge on any atom is 0.243 e. The lowest BCUT2D eigenvalue weighted by atomic mass is 9.95. The lowest BCUT2D eigenvalue weighted by Crippen LogP contribution is -2.53. The van der Waals surface area contributed by atoms with Crippen LogP contribution in [-0.4, -0.2) is 73.7 Å². The Hall–Kier alpha value is -2.07. The highest BCUT2D eigenvalue weighted by Gasteiger charge is 2.34. The lowest BCUT2D eigenvalue weighted by molar-refractivity contribution is -0.138. The van der Waals surface area contributed by atoms with E-state index >= 15 is 0 Å². The molecule has 0 atom stereocenters. The summed E-state index contributed by atoms with van der Waals surface area (Å²) in [7, 11) is -3.64. The summed E-state index contributed by atoms with van der Waals surface area (Å²) >= 11 is 6.01. The highest BCUT2D eigenvalue weighted by atomic mass is 35.5. The van der Waals surface area contributed by atoms with Gasteiger partial charge in [-0.15, -0.1) is 12.4 Å². The van der Waals surface area contributed by atoms with E-state index in [2.05, 4.69) is 0 Å². The number of guanidine groups is 1. The Balaban J connectivity index is 0.00000289. The third-order valence-corrected chi connectivity index (χ3v) is 8.28. The van der Waals surface area contributed by atoms with Gasteiger partial charge in [-0.3, -0.25) is 10.2 Å². The van der Waals surface area contributed by atoms with Crippen molar-refractivity contribution in [1.82, 2.24) is 14.1 Å². The van der Waals surface area contributed by atoms with Gasteiger partial charge in [0.2, 0.25) is 15.9 Å². The molecule has 2 aliphatic rings. The number of nitrogens with zero attached hydrogens (tertiary/aromatic N) is 3. The summed E-state index contributed by atoms with van der Waals surface area (Å²) in [5.74, 6) is 0.0235. The Labute approximate surface area is 199 Å². The number of nitrogens with two attached hydrogens (primary N) is 1. The number of halogens is 2. The van der Waals surface area contributed by atoms with E-state index < -0.39 is 10.0 Å². The number of sulfonamides is 1. The molecule has 2 aromatic carbocycles. The molecule has 2 aliphatic heterocycles. The molecule has 8 nitrogen and oxygen atoms in total. The van der Waals surface area contributed by atoms with Gasteiger partial charge in [0, 0.05) is 50.2 Å². The maximum absolute atomic E-state index is 13.1. The van der Waals surface area contributed by atoms with E-state index in [1.165, 1.54) is 4.31 Å². The molecule has 0 aliphatic carbocycles. The van der Waals surface area contributed by atoms with Crippen molar-refractivity contribution in [1.29, 1.82) is 5.41 Å². The molecule has 1 amide bonds. The largest absolute Gasteiger partial charge is 0.370 e. The standard InChI is InChI=1S/C21H26ClN5O3S.ClH/c22-18-3-1-17-14-19(4-2-16(17)13-18)31(29,30)27-11-9-25(10-12-27)20(28)15-5-7-26(8-6-15)21(23)24;/h1-4,13-15H,5-12H2,(H3,23,24);1H. The molecular weight excluding hydrogens is 473 g/mol. The number of nitrogens with one attached hydrogen (secondary N) is 1. The fourth-order valence-corrected chi connectivity index (χ4v) is 5.92. The topological polar surface area (TPSA) is 111 Å². The Morgan fingerprint density at radius 2 is 1.53 bits per heavy atom. The van der Waals surface area contributed by atoms with E-state index in [1.54, 1.807) is 40.1 Å². The Morgan fingerprint density at radius 1 is 0.938 bits per heavy atom. The van der Waals surface area contributed by atoms with Gasteiger partial charge in [0.15, 0.2) is 5.96 Å². The van der Waals surface area contributed by atoms with Crippen molar-refractivity contribution in [2.75, 3.05) is 39.3 Å². The molecular formula is C21H27Cl2N5O3S. The first-order valence-corrected chi connectivity index (χ1v) is 12.1. The van der Waals surface area contributed by atoms with Crippen molar-refractivity contribution in [3.63, 3.8) is 0 Å². The zero-order chi connectivity index (χ0) is 22.2. The van der Waals surface area contributed by atoms with Crippen LogP contribution in [-0.2, 0) is 14.8 Å². The smallest absolute Gasteiger partial charge is 0.243 e. The van der Waals surface area contributed by atoms with Gasteiger partial charge in [0.05, 0.1) is 4.90 Å². The van der Waals surface area contributed by atoms with E-state index in [9.17, 15) is 13.2 Å². The molecule has 0 spiro atoms. The number of piperidine rings is 1. The van der Waals surface area contributed by atoms with Gasteiger partial charge >= 0.3 is 0 Å². The summed E-state index contributed by atoms with van der Waals surface area (Å²) in [5.41, 5.74) is 5.52. The second-order valence-corrected chi connectivity index (χ2v) is 10.4. The van der Waals surface area contributed by atoms with Crippen LogP contribution in [0.2, 0.25) is 5.02 Å². The molecule has 32 heavy (non-hydrogen) atoms. The first-order chi connectivity index (χ1) is 14.8. The highest BCUT2D eigenvalue weighted by molar-refractivity contribution is 7.89. The van der Waals surface area contributed by atoms with Gasteiger partial charge < -0.3 is 15.5 Å². The van der Waals surface area contributed by atoms with Gasteiger partial charge in [-0.25, -0.2) is 8.42 Å². The summed E-state index contributed by atoms with van der Waals surface area (Å²) < 4.78 is 27.7. The molecule has 3 N–H and O–H groups in total. The van der Waals surface area contributed by atoms with Crippen LogP contribution in [0.3, 0.4) is 0 Å². The van der Waals surface area contributed by atoms with Crippen molar-refractivity contribution in [2.45, 2.75) is 17.7 Å². The van der Waals surface area contributed by atoms with Crippen LogP contribution in [0.5, 0.6) is 0 Å². The summed E-state index contributed by atoms with van der Waals surface area (Å²) in [6.07, 6.45) is 1.33. The van der Waals surface area contributed by atoms with Crippen LogP contribution in [0.25, 0.3) is 10.8 Å². The number of fused-ring (bicyclic) bond motifs is 1. The second kappa shape index (κ2) is 9.82. The van der Waals surface area contributed by atoms with Crippen LogP contribution < -0.4 is 5.73 Å². The summed E-state index contributed by atoms with van der Waals surface area (Å²) in [6.45, 7) is 2.53. The fourth-order valence-electron chi connectivity index (χ4n) is 4.28. The van der Waals surface area contributed by atoms with E-state index in [4.69, 9.17) is 22.7 Å². The molecule has 2 heterocycles. The van der Waals surface area contributed by atoms with Gasteiger partial charge in [0.1, 0.15) is 0 Å². The lowest BCUT2D eigenvalue weighted by Gasteiger charge is -2.38. The van der Waals surface area contributed by atoms with Crippen LogP contribution >= 0.6 is 24.0 Å². The van der Waals surface area contributed by atoms with Crippen LogP contribution in [0.15, 0.2) is 41.3 Å². The van der Waals surface area contributed by atoms with Gasteiger partial charge in [-0.1, -0.05) is 23.7 Å². The minimum absolute atomic E-state index is 0. The summed E-state index contributed by atoms with van der Waals surface area (Å²) in [4.78, 5) is 16.7. The molecule has 2 fully saturated rings. The number of benzene rings is 2. The number of hydrogen-bond donors (Lipinski definition) is 2. The quantitative estimate of drug-likeness (QED) is 0.497. The predicted octanol–water partition coefficient (Wildman–Crippen LogP) is 2.35. The summed E-state index contributed by atoms with van der Waals surface area (Å²) in [5, 5.41) is 9.81. The minimum atomic E-state index is -3.64.